The Labute approximate surface area is 128 Å². The van der Waals surface area contributed by atoms with Crippen LogP contribution in [0.1, 0.15) is 26.7 Å². The number of hydrogen-bond acceptors (Lipinski definition) is 4. The average Bonchev–Trinajstić information content (AvgIpc) is 2.46. The molecule has 1 atom stereocenters. The van der Waals surface area contributed by atoms with Gasteiger partial charge in [-0.1, -0.05) is 13.8 Å². The van der Waals surface area contributed by atoms with Crippen LogP contribution in [0.25, 0.3) is 0 Å². The normalized spacial score (nSPS) is 11.5. The minimum Gasteiger partial charge on any atom is -0.481 e. The van der Waals surface area contributed by atoms with E-state index >= 15 is 0 Å². The maximum atomic E-state index is 12.2. The third kappa shape index (κ3) is 5.12. The van der Waals surface area contributed by atoms with Crippen molar-refractivity contribution in [2.24, 2.45) is 5.92 Å². The van der Waals surface area contributed by atoms with Gasteiger partial charge in [0, 0.05) is 23.5 Å². The van der Waals surface area contributed by atoms with Gasteiger partial charge in [-0.05, 0) is 42.4 Å². The molecule has 0 spiro atoms. The summed E-state index contributed by atoms with van der Waals surface area (Å²) in [7, 11) is 0. The summed E-state index contributed by atoms with van der Waals surface area (Å²) in [4.78, 5) is 25.5. The summed E-state index contributed by atoms with van der Waals surface area (Å²) in [6, 6.07) is 6.98. The highest BCUT2D eigenvalue weighted by molar-refractivity contribution is 8.03. The molecule has 1 unspecified atom stereocenters. The smallest absolute Gasteiger partial charge is 0.308 e. The average molecular weight is 306 g/mol. The predicted molar refractivity (Wildman–Crippen MR) is 82.0 cm³/mol. The van der Waals surface area contributed by atoms with E-state index in [2.05, 4.69) is 0 Å². The quantitative estimate of drug-likeness (QED) is 0.618. The third-order valence-electron chi connectivity index (χ3n) is 2.95. The van der Waals surface area contributed by atoms with Crippen molar-refractivity contribution in [3.8, 4) is 5.40 Å². The van der Waals surface area contributed by atoms with Gasteiger partial charge in [0.05, 0.1) is 5.92 Å². The van der Waals surface area contributed by atoms with E-state index in [0.717, 1.165) is 16.7 Å². The molecule has 0 radical (unpaired) electrons. The number of hydrogen-bond donors (Lipinski definition) is 1. The molecule has 1 aromatic carbocycles. The molecular weight excluding hydrogens is 288 g/mol. The Morgan fingerprint density at radius 3 is 2.48 bits per heavy atom. The van der Waals surface area contributed by atoms with Crippen LogP contribution < -0.4 is 4.90 Å². The Morgan fingerprint density at radius 2 is 2.00 bits per heavy atom. The Balaban J connectivity index is 2.97. The van der Waals surface area contributed by atoms with Crippen molar-refractivity contribution >= 4 is 29.3 Å². The number of thiocyanates is 1. The van der Waals surface area contributed by atoms with Crippen molar-refractivity contribution in [1.82, 2.24) is 0 Å². The topological polar surface area (TPSA) is 81.4 Å². The van der Waals surface area contributed by atoms with E-state index in [1.807, 2.05) is 12.3 Å². The number of benzene rings is 1. The fraction of sp³-hybridized carbons (Fsp3) is 0.400. The summed E-state index contributed by atoms with van der Waals surface area (Å²) in [5.41, 5.74) is 0.656. The molecule has 21 heavy (non-hydrogen) atoms. The van der Waals surface area contributed by atoms with E-state index in [9.17, 15) is 9.59 Å². The number of carboxylic acid groups (broad SMARTS) is 1. The molecular formula is C15H18N2O3S. The molecule has 0 fully saturated rings. The first-order valence-corrected chi connectivity index (χ1v) is 7.50. The first-order chi connectivity index (χ1) is 9.99. The van der Waals surface area contributed by atoms with Crippen LogP contribution in [0.3, 0.4) is 0 Å². The Kier molecular flexibility index (Phi) is 6.76. The van der Waals surface area contributed by atoms with E-state index in [1.165, 1.54) is 4.90 Å². The number of carbonyl (C=O) groups is 2. The summed E-state index contributed by atoms with van der Waals surface area (Å²) in [5.74, 6) is -1.66. The molecule has 1 amide bonds. The van der Waals surface area contributed by atoms with Gasteiger partial charge in [-0.25, -0.2) is 0 Å². The second-order valence-electron chi connectivity index (χ2n) is 4.68. The summed E-state index contributed by atoms with van der Waals surface area (Å²) >= 11 is 1.04. The van der Waals surface area contributed by atoms with Crippen LogP contribution in [0.15, 0.2) is 29.2 Å². The molecule has 0 bridgehead atoms. The Morgan fingerprint density at radius 1 is 1.38 bits per heavy atom. The second-order valence-corrected chi connectivity index (χ2v) is 5.54. The lowest BCUT2D eigenvalue weighted by molar-refractivity contribution is -0.140. The van der Waals surface area contributed by atoms with Gasteiger partial charge in [0.25, 0.3) is 0 Å². The van der Waals surface area contributed by atoms with Gasteiger partial charge in [-0.2, -0.15) is 5.26 Å². The van der Waals surface area contributed by atoms with Gasteiger partial charge in [0.1, 0.15) is 5.40 Å². The Bertz CT molecular complexity index is 537. The summed E-state index contributed by atoms with van der Waals surface area (Å²) < 4.78 is 0. The molecule has 0 saturated carbocycles. The van der Waals surface area contributed by atoms with Crippen LogP contribution in [-0.4, -0.2) is 23.5 Å². The zero-order chi connectivity index (χ0) is 15.8. The van der Waals surface area contributed by atoms with Crippen LogP contribution in [0, 0.1) is 16.6 Å². The fourth-order valence-corrected chi connectivity index (χ4v) is 2.18. The van der Waals surface area contributed by atoms with E-state index in [1.54, 1.807) is 31.2 Å². The van der Waals surface area contributed by atoms with Crippen LogP contribution in [-0.2, 0) is 9.59 Å². The summed E-state index contributed by atoms with van der Waals surface area (Å²) in [6.07, 6.45) is 1.08. The molecule has 1 aromatic rings. The molecule has 0 aliphatic heterocycles. The number of nitriles is 1. The van der Waals surface area contributed by atoms with Gasteiger partial charge in [-0.15, -0.1) is 0 Å². The second kappa shape index (κ2) is 8.32. The van der Waals surface area contributed by atoms with Crippen molar-refractivity contribution in [1.29, 1.82) is 5.26 Å². The highest BCUT2D eigenvalue weighted by atomic mass is 32.2. The third-order valence-corrected chi connectivity index (χ3v) is 3.55. The molecule has 0 aliphatic rings. The zero-order valence-electron chi connectivity index (χ0n) is 12.1. The van der Waals surface area contributed by atoms with Gasteiger partial charge in [-0.3, -0.25) is 9.59 Å². The van der Waals surface area contributed by atoms with Gasteiger partial charge in [0.2, 0.25) is 5.91 Å². The molecule has 6 heteroatoms. The first kappa shape index (κ1) is 17.1. The van der Waals surface area contributed by atoms with Crippen molar-refractivity contribution in [3.63, 3.8) is 0 Å². The maximum absolute atomic E-state index is 12.2. The predicted octanol–water partition coefficient (Wildman–Crippen LogP) is 3.11. The lowest BCUT2D eigenvalue weighted by Gasteiger charge is -2.24. The van der Waals surface area contributed by atoms with E-state index in [-0.39, 0.29) is 12.5 Å². The number of carbonyl (C=O) groups excluding carboxylic acids is 1. The number of thioether (sulfide) groups is 1. The van der Waals surface area contributed by atoms with Crippen molar-refractivity contribution in [3.05, 3.63) is 24.3 Å². The van der Waals surface area contributed by atoms with E-state index in [0.29, 0.717) is 18.5 Å². The zero-order valence-corrected chi connectivity index (χ0v) is 12.9. The standard InChI is InChI=1S/C15H18N2O3S/c1-3-4-14(18)17(9-11(2)15(19)20)12-5-7-13(8-6-12)21-10-16/h5-8,11H,3-4,9H2,1-2H3,(H,19,20). The number of carboxylic acids is 1. The summed E-state index contributed by atoms with van der Waals surface area (Å²) in [5, 5.41) is 19.6. The van der Waals surface area contributed by atoms with Crippen molar-refractivity contribution < 1.29 is 14.7 Å². The first-order valence-electron chi connectivity index (χ1n) is 6.68. The molecule has 0 heterocycles. The minimum absolute atomic E-state index is 0.0914. The summed E-state index contributed by atoms with van der Waals surface area (Å²) in [6.45, 7) is 3.62. The molecule has 0 saturated heterocycles. The number of amides is 1. The van der Waals surface area contributed by atoms with E-state index in [4.69, 9.17) is 10.4 Å². The fourth-order valence-electron chi connectivity index (χ4n) is 1.80. The van der Waals surface area contributed by atoms with Gasteiger partial charge in [0.15, 0.2) is 0 Å². The molecule has 1 rings (SSSR count). The van der Waals surface area contributed by atoms with Crippen LogP contribution in [0.4, 0.5) is 5.69 Å². The number of rotatable bonds is 7. The number of nitrogens with zero attached hydrogens (tertiary/aromatic N) is 2. The molecule has 112 valence electrons. The van der Waals surface area contributed by atoms with E-state index < -0.39 is 11.9 Å². The lowest BCUT2D eigenvalue weighted by atomic mass is 10.1. The Hall–Kier alpha value is -2.00. The SMILES string of the molecule is CCCC(=O)N(CC(C)C(=O)O)c1ccc(SC#N)cc1. The van der Waals surface area contributed by atoms with Gasteiger partial charge >= 0.3 is 5.97 Å². The van der Waals surface area contributed by atoms with Crippen molar-refractivity contribution in [2.75, 3.05) is 11.4 Å². The lowest BCUT2D eigenvalue weighted by Crippen LogP contribution is -2.36. The largest absolute Gasteiger partial charge is 0.481 e. The maximum Gasteiger partial charge on any atom is 0.308 e. The highest BCUT2D eigenvalue weighted by Crippen LogP contribution is 2.23. The number of anilines is 1. The number of aliphatic carboxylic acids is 1. The van der Waals surface area contributed by atoms with Crippen LogP contribution in [0.2, 0.25) is 0 Å². The molecule has 5 nitrogen and oxygen atoms in total. The van der Waals surface area contributed by atoms with Gasteiger partial charge < -0.3 is 10.0 Å². The molecule has 0 aliphatic carbocycles. The van der Waals surface area contributed by atoms with Crippen molar-refractivity contribution in [2.45, 2.75) is 31.6 Å². The highest BCUT2D eigenvalue weighted by Gasteiger charge is 2.21. The molecule has 1 N–H and O–H groups in total. The molecule has 0 aromatic heterocycles. The minimum atomic E-state index is -0.930. The van der Waals surface area contributed by atoms with Crippen LogP contribution >= 0.6 is 11.8 Å². The van der Waals surface area contributed by atoms with Crippen LogP contribution in [0.5, 0.6) is 0 Å². The monoisotopic (exact) mass is 306 g/mol.